The first-order valence-corrected chi connectivity index (χ1v) is 15.1. The molecule has 1 heterocycles. The van der Waals surface area contributed by atoms with E-state index in [1.54, 1.807) is 29.0 Å². The highest BCUT2D eigenvalue weighted by molar-refractivity contribution is 6.74. The Labute approximate surface area is 222 Å². The number of hydrazine groups is 1. The van der Waals surface area contributed by atoms with E-state index >= 15 is 0 Å². The van der Waals surface area contributed by atoms with E-state index in [1.807, 2.05) is 13.0 Å². The molecule has 8 nitrogen and oxygen atoms in total. The number of rotatable bonds is 6. The van der Waals surface area contributed by atoms with Crippen molar-refractivity contribution < 1.29 is 14.0 Å². The lowest BCUT2D eigenvalue weighted by Crippen LogP contribution is -2.51. The van der Waals surface area contributed by atoms with Crippen molar-refractivity contribution in [1.82, 2.24) is 15.4 Å². The van der Waals surface area contributed by atoms with E-state index in [0.717, 1.165) is 0 Å². The van der Waals surface area contributed by atoms with Gasteiger partial charge in [0, 0.05) is 17.1 Å². The topological polar surface area (TPSA) is 120 Å². The summed E-state index contributed by atoms with van der Waals surface area (Å²) < 4.78 is 8.33. The summed E-state index contributed by atoms with van der Waals surface area (Å²) in [5.74, 6) is -1.00. The highest BCUT2D eigenvalue weighted by atomic mass is 35.5. The molecule has 0 saturated carbocycles. The van der Waals surface area contributed by atoms with Crippen LogP contribution in [0.3, 0.4) is 0 Å². The lowest BCUT2D eigenvalue weighted by Gasteiger charge is -2.40. The van der Waals surface area contributed by atoms with Crippen LogP contribution in [-0.4, -0.2) is 30.8 Å². The van der Waals surface area contributed by atoms with Crippen LogP contribution in [0.4, 0.5) is 0 Å². The second kappa shape index (κ2) is 10.8. The average molecular weight is 536 g/mol. The number of nitrogens with one attached hydrogen (secondary N) is 2. The summed E-state index contributed by atoms with van der Waals surface area (Å²) in [5, 5.41) is 19.2. The maximum Gasteiger partial charge on any atom is 0.269 e. The van der Waals surface area contributed by atoms with Crippen molar-refractivity contribution in [3.05, 3.63) is 70.4 Å². The van der Waals surface area contributed by atoms with Crippen LogP contribution in [0.5, 0.6) is 0 Å². The quantitative estimate of drug-likeness (QED) is 0.321. The lowest BCUT2D eigenvalue weighted by atomic mass is 10.1. The van der Waals surface area contributed by atoms with Crippen LogP contribution in [0.2, 0.25) is 23.2 Å². The minimum Gasteiger partial charge on any atom is -0.412 e. The highest BCUT2D eigenvalue weighted by Gasteiger charge is 2.41. The van der Waals surface area contributed by atoms with Crippen molar-refractivity contribution in [1.29, 1.82) is 10.5 Å². The van der Waals surface area contributed by atoms with Crippen LogP contribution >= 0.6 is 11.6 Å². The molecule has 37 heavy (non-hydrogen) atoms. The molecule has 0 aliphatic carbocycles. The molecule has 3 aromatic rings. The van der Waals surface area contributed by atoms with Gasteiger partial charge in [0.2, 0.25) is 0 Å². The molecule has 192 valence electrons. The van der Waals surface area contributed by atoms with Gasteiger partial charge in [-0.25, -0.2) is 0 Å². The summed E-state index contributed by atoms with van der Waals surface area (Å²) in [6.45, 7) is 12.4. The molecule has 0 fully saturated rings. The fourth-order valence-electron chi connectivity index (χ4n) is 3.76. The van der Waals surface area contributed by atoms with Crippen LogP contribution in [0, 0.1) is 22.7 Å². The van der Waals surface area contributed by atoms with Crippen LogP contribution in [-0.2, 0) is 9.22 Å². The van der Waals surface area contributed by atoms with Gasteiger partial charge < -0.3 is 8.99 Å². The molecule has 2 aromatic carbocycles. The SMILES string of the molecule is CC(O[Si](C)(C)C(C)(C)C)C(C(=O)NNC(=O)c1ccc(C#N)cc1)n1ccc2c(Cl)c(C#N)ccc21. The third-order valence-corrected chi connectivity index (χ3v) is 11.8. The Balaban J connectivity index is 1.95. The predicted molar refractivity (Wildman–Crippen MR) is 145 cm³/mol. The first-order valence-electron chi connectivity index (χ1n) is 11.8. The third kappa shape index (κ3) is 5.86. The van der Waals surface area contributed by atoms with Gasteiger partial charge in [-0.1, -0.05) is 32.4 Å². The van der Waals surface area contributed by atoms with Gasteiger partial charge in [0.1, 0.15) is 12.1 Å². The molecule has 3 rings (SSSR count). The number of hydrogen-bond donors (Lipinski definition) is 2. The molecule has 10 heteroatoms. The summed E-state index contributed by atoms with van der Waals surface area (Å²) in [6.07, 6.45) is 1.17. The summed E-state index contributed by atoms with van der Waals surface area (Å²) >= 11 is 6.44. The van der Waals surface area contributed by atoms with Crippen molar-refractivity contribution in [3.8, 4) is 12.1 Å². The maximum atomic E-state index is 13.6. The fraction of sp³-hybridized carbons (Fsp3) is 0.333. The van der Waals surface area contributed by atoms with Crippen LogP contribution in [0.25, 0.3) is 10.9 Å². The number of nitriles is 2. The standard InChI is InChI=1S/C27H30ClN5O3Si/c1-17(36-37(5,6)27(2,3)4)24(33-14-13-21-22(33)12-11-20(16-30)23(21)28)26(35)32-31-25(34)19-9-7-18(15-29)8-10-19/h7-14,17,24H,1-6H3,(H,31,34)(H,32,35). The molecule has 0 radical (unpaired) electrons. The van der Waals surface area contributed by atoms with Gasteiger partial charge >= 0.3 is 0 Å². The molecule has 1 aromatic heterocycles. The maximum absolute atomic E-state index is 13.6. The molecule has 2 amide bonds. The highest BCUT2D eigenvalue weighted by Crippen LogP contribution is 2.39. The van der Waals surface area contributed by atoms with E-state index in [0.29, 0.717) is 32.6 Å². The van der Waals surface area contributed by atoms with Crippen LogP contribution < -0.4 is 10.9 Å². The summed E-state index contributed by atoms with van der Waals surface area (Å²) in [4.78, 5) is 26.2. The van der Waals surface area contributed by atoms with Crippen molar-refractivity contribution in [3.63, 3.8) is 0 Å². The zero-order chi connectivity index (χ0) is 27.5. The molecule has 0 bridgehead atoms. The number of amides is 2. The minimum absolute atomic E-state index is 0.0874. The molecule has 2 unspecified atom stereocenters. The van der Waals surface area contributed by atoms with Gasteiger partial charge in [0.15, 0.2) is 8.32 Å². The first kappa shape index (κ1) is 27.9. The van der Waals surface area contributed by atoms with Gasteiger partial charge in [0.05, 0.1) is 33.8 Å². The zero-order valence-electron chi connectivity index (χ0n) is 21.7. The van der Waals surface area contributed by atoms with Gasteiger partial charge in [0.25, 0.3) is 11.8 Å². The van der Waals surface area contributed by atoms with E-state index in [1.165, 1.54) is 24.3 Å². The van der Waals surface area contributed by atoms with E-state index in [9.17, 15) is 14.9 Å². The second-order valence-electron chi connectivity index (χ2n) is 10.4. The summed E-state index contributed by atoms with van der Waals surface area (Å²) in [6, 6.07) is 14.4. The number of nitrogens with zero attached hydrogens (tertiary/aromatic N) is 3. The Morgan fingerprint density at radius 2 is 1.68 bits per heavy atom. The van der Waals surface area contributed by atoms with Gasteiger partial charge in [-0.05, 0) is 67.5 Å². The third-order valence-electron chi connectivity index (χ3n) is 6.83. The van der Waals surface area contributed by atoms with E-state index in [4.69, 9.17) is 21.3 Å². The second-order valence-corrected chi connectivity index (χ2v) is 15.5. The number of hydrogen-bond acceptors (Lipinski definition) is 5. The first-order chi connectivity index (χ1) is 17.3. The molecule has 0 aliphatic heterocycles. The normalized spacial score (nSPS) is 13.3. The lowest BCUT2D eigenvalue weighted by molar-refractivity contribution is -0.127. The predicted octanol–water partition coefficient (Wildman–Crippen LogP) is 5.45. The Bertz CT molecular complexity index is 1410. The smallest absolute Gasteiger partial charge is 0.269 e. The Kier molecular flexibility index (Phi) is 8.14. The summed E-state index contributed by atoms with van der Waals surface area (Å²) in [5.41, 5.74) is 6.71. The van der Waals surface area contributed by atoms with Crippen LogP contribution in [0.1, 0.15) is 55.2 Å². The zero-order valence-corrected chi connectivity index (χ0v) is 23.5. The Morgan fingerprint density at radius 3 is 2.24 bits per heavy atom. The van der Waals surface area contributed by atoms with Gasteiger partial charge in [-0.3, -0.25) is 20.4 Å². The fourth-order valence-corrected chi connectivity index (χ4v) is 5.44. The molecule has 0 saturated heterocycles. The Hall–Kier alpha value is -3.63. The van der Waals surface area contributed by atoms with E-state index in [-0.39, 0.29) is 5.04 Å². The number of fused-ring (bicyclic) bond motifs is 1. The molecule has 0 spiro atoms. The number of carbonyl (C=O) groups is 2. The molecule has 2 atom stereocenters. The number of aromatic nitrogens is 1. The van der Waals surface area contributed by atoms with Crippen molar-refractivity contribution in [2.24, 2.45) is 0 Å². The van der Waals surface area contributed by atoms with E-state index in [2.05, 4.69) is 50.8 Å². The minimum atomic E-state index is -2.26. The van der Waals surface area contributed by atoms with E-state index < -0.39 is 32.3 Å². The average Bonchev–Trinajstić information content (AvgIpc) is 3.26. The van der Waals surface area contributed by atoms with Gasteiger partial charge in [-0.15, -0.1) is 0 Å². The van der Waals surface area contributed by atoms with Crippen molar-refractivity contribution in [2.75, 3.05) is 0 Å². The van der Waals surface area contributed by atoms with Crippen molar-refractivity contribution in [2.45, 2.75) is 58.0 Å². The van der Waals surface area contributed by atoms with Crippen LogP contribution in [0.15, 0.2) is 48.7 Å². The number of carbonyl (C=O) groups excluding carboxylic acids is 2. The molecule has 2 N–H and O–H groups in total. The number of halogens is 1. The molecule has 0 aliphatic rings. The largest absolute Gasteiger partial charge is 0.412 e. The number of benzene rings is 2. The molecular weight excluding hydrogens is 506 g/mol. The Morgan fingerprint density at radius 1 is 1.03 bits per heavy atom. The van der Waals surface area contributed by atoms with Gasteiger partial charge in [-0.2, -0.15) is 10.5 Å². The molecular formula is C27H30ClN5O3Si. The summed E-state index contributed by atoms with van der Waals surface area (Å²) in [7, 11) is -2.26. The monoisotopic (exact) mass is 535 g/mol. The van der Waals surface area contributed by atoms with Crippen molar-refractivity contribution >= 4 is 42.6 Å².